The minimum Gasteiger partial charge on any atom is -0.372 e. The van der Waals surface area contributed by atoms with Crippen LogP contribution in [0.1, 0.15) is 0 Å². The Morgan fingerprint density at radius 2 is 2.67 bits per heavy atom. The van der Waals surface area contributed by atoms with E-state index in [-0.39, 0.29) is 0 Å². The van der Waals surface area contributed by atoms with Crippen LogP contribution in [-0.4, -0.2) is 6.67 Å². The highest BCUT2D eigenvalue weighted by molar-refractivity contribution is 7.84. The third-order valence-electron chi connectivity index (χ3n) is 0.610. The van der Waals surface area contributed by atoms with Crippen LogP contribution in [0.4, 0.5) is 0 Å². The zero-order valence-electron chi connectivity index (χ0n) is 3.23. The van der Waals surface area contributed by atoms with Crippen molar-refractivity contribution in [3.8, 4) is 0 Å². The summed E-state index contributed by atoms with van der Waals surface area (Å²) in [5, 5.41) is 6.77. The second kappa shape index (κ2) is 1.43. The molecule has 2 nitrogen and oxygen atoms in total. The lowest BCUT2D eigenvalue weighted by atomic mass is 11.0. The summed E-state index contributed by atoms with van der Waals surface area (Å²) in [6.07, 6.45) is 1.82. The van der Waals surface area contributed by atoms with E-state index in [0.717, 1.165) is 11.7 Å². The Kier molecular flexibility index (Phi) is 0.919. The fourth-order valence-corrected chi connectivity index (χ4v) is 0.511. The van der Waals surface area contributed by atoms with E-state index in [1.54, 1.807) is 0 Å². The van der Waals surface area contributed by atoms with E-state index in [0.29, 0.717) is 0 Å². The van der Waals surface area contributed by atoms with Gasteiger partial charge in [-0.2, -0.15) is 0 Å². The molecule has 2 N–H and O–H groups in total. The quantitative estimate of drug-likeness (QED) is 0.371. The molecule has 0 saturated heterocycles. The molecule has 0 bridgehead atoms. The maximum Gasteiger partial charge on any atom is 0.0850 e. The molecular formula is C3H6N2S. The summed E-state index contributed by atoms with van der Waals surface area (Å²) < 4.78 is 0. The van der Waals surface area contributed by atoms with E-state index < -0.39 is 0 Å². The number of nitrogens with one attached hydrogen (secondary N) is 2. The molecule has 1 heterocycles. The first kappa shape index (κ1) is 3.87. The number of hydrogen-bond acceptors (Lipinski definition) is 3. The molecule has 0 aromatic rings. The van der Waals surface area contributed by atoms with Crippen LogP contribution < -0.4 is 10.6 Å². The topological polar surface area (TPSA) is 24.1 Å². The van der Waals surface area contributed by atoms with Crippen LogP contribution in [0, 0.1) is 0 Å². The molecule has 34 valence electrons. The first-order valence-electron chi connectivity index (χ1n) is 1.76. The van der Waals surface area contributed by atoms with Gasteiger partial charge in [0.25, 0.3) is 0 Å². The lowest BCUT2D eigenvalue weighted by molar-refractivity contribution is 0.831. The minimum atomic E-state index is 0.818. The van der Waals surface area contributed by atoms with Gasteiger partial charge in [0.2, 0.25) is 0 Å². The summed E-state index contributed by atoms with van der Waals surface area (Å²) in [5.41, 5.74) is 0. The standard InChI is InChI=1S/C3H6N2S/c6-3-1-4-2-5-3/h1,4-6H,2H2. The smallest absolute Gasteiger partial charge is 0.0850 e. The van der Waals surface area contributed by atoms with Crippen molar-refractivity contribution in [3.05, 3.63) is 11.2 Å². The Morgan fingerprint density at radius 3 is 2.83 bits per heavy atom. The maximum atomic E-state index is 3.98. The number of thiol groups is 1. The van der Waals surface area contributed by atoms with Gasteiger partial charge in [-0.3, -0.25) is 0 Å². The molecule has 0 saturated carbocycles. The van der Waals surface area contributed by atoms with Crippen LogP contribution in [-0.2, 0) is 0 Å². The molecule has 0 atom stereocenters. The van der Waals surface area contributed by atoms with Gasteiger partial charge in [0.05, 0.1) is 11.7 Å². The second-order valence-corrected chi connectivity index (χ2v) is 1.57. The summed E-state index contributed by atoms with van der Waals surface area (Å²) in [6.45, 7) is 0.818. The predicted molar refractivity (Wildman–Crippen MR) is 28.2 cm³/mol. The van der Waals surface area contributed by atoms with Gasteiger partial charge in [0.15, 0.2) is 0 Å². The minimum absolute atomic E-state index is 0.818. The average molecular weight is 102 g/mol. The lowest BCUT2D eigenvalue weighted by Crippen LogP contribution is -2.12. The molecule has 0 amide bonds. The number of hydrogen-bond donors (Lipinski definition) is 3. The summed E-state index contributed by atoms with van der Waals surface area (Å²) in [5.74, 6) is 0. The fourth-order valence-electron chi connectivity index (χ4n) is 0.340. The maximum absolute atomic E-state index is 3.98. The largest absolute Gasteiger partial charge is 0.372 e. The highest BCUT2D eigenvalue weighted by Crippen LogP contribution is 1.93. The molecule has 0 unspecified atom stereocenters. The van der Waals surface area contributed by atoms with Gasteiger partial charge in [0, 0.05) is 6.20 Å². The molecular weight excluding hydrogens is 96.1 g/mol. The molecule has 1 aliphatic rings. The van der Waals surface area contributed by atoms with Crippen LogP contribution in [0.2, 0.25) is 0 Å². The highest BCUT2D eigenvalue weighted by Gasteiger charge is 1.91. The van der Waals surface area contributed by atoms with Crippen molar-refractivity contribution in [1.82, 2.24) is 10.6 Å². The van der Waals surface area contributed by atoms with Gasteiger partial charge in [-0.1, -0.05) is 0 Å². The van der Waals surface area contributed by atoms with Crippen molar-refractivity contribution in [2.75, 3.05) is 6.67 Å². The average Bonchev–Trinajstić information content (AvgIpc) is 1.86. The summed E-state index contributed by atoms with van der Waals surface area (Å²) in [6, 6.07) is 0. The molecule has 3 heteroatoms. The molecule has 0 radical (unpaired) electrons. The monoisotopic (exact) mass is 102 g/mol. The van der Waals surface area contributed by atoms with Crippen molar-refractivity contribution < 1.29 is 0 Å². The summed E-state index contributed by atoms with van der Waals surface area (Å²) in [4.78, 5) is 0. The second-order valence-electron chi connectivity index (χ2n) is 1.09. The van der Waals surface area contributed by atoms with Crippen LogP contribution in [0.5, 0.6) is 0 Å². The van der Waals surface area contributed by atoms with E-state index in [9.17, 15) is 0 Å². The summed E-state index contributed by atoms with van der Waals surface area (Å²) >= 11 is 3.98. The van der Waals surface area contributed by atoms with Gasteiger partial charge < -0.3 is 10.6 Å². The highest BCUT2D eigenvalue weighted by atomic mass is 32.1. The van der Waals surface area contributed by atoms with E-state index in [1.807, 2.05) is 6.20 Å². The van der Waals surface area contributed by atoms with Crippen LogP contribution in [0.15, 0.2) is 11.2 Å². The zero-order valence-corrected chi connectivity index (χ0v) is 4.13. The van der Waals surface area contributed by atoms with Crippen molar-refractivity contribution in [1.29, 1.82) is 0 Å². The molecule has 0 spiro atoms. The molecule has 0 aromatic carbocycles. The molecule has 0 aliphatic carbocycles. The Morgan fingerprint density at radius 1 is 1.83 bits per heavy atom. The molecule has 6 heavy (non-hydrogen) atoms. The van der Waals surface area contributed by atoms with E-state index >= 15 is 0 Å². The van der Waals surface area contributed by atoms with E-state index in [1.165, 1.54) is 0 Å². The van der Waals surface area contributed by atoms with Gasteiger partial charge in [0.1, 0.15) is 0 Å². The Balaban J connectivity index is 2.45. The van der Waals surface area contributed by atoms with Gasteiger partial charge >= 0.3 is 0 Å². The van der Waals surface area contributed by atoms with Crippen LogP contribution in [0.3, 0.4) is 0 Å². The first-order chi connectivity index (χ1) is 2.89. The molecule has 0 aromatic heterocycles. The third-order valence-corrected chi connectivity index (χ3v) is 0.898. The molecule has 0 fully saturated rings. The normalized spacial score (nSPS) is 18.5. The van der Waals surface area contributed by atoms with E-state index in [4.69, 9.17) is 0 Å². The van der Waals surface area contributed by atoms with Crippen molar-refractivity contribution in [2.45, 2.75) is 0 Å². The summed E-state index contributed by atoms with van der Waals surface area (Å²) in [7, 11) is 0. The third kappa shape index (κ3) is 0.597. The first-order valence-corrected chi connectivity index (χ1v) is 2.21. The Hall–Kier alpha value is -0.310. The van der Waals surface area contributed by atoms with Crippen molar-refractivity contribution >= 4 is 12.6 Å². The number of rotatable bonds is 0. The predicted octanol–water partition coefficient (Wildman–Crippen LogP) is -0.135. The van der Waals surface area contributed by atoms with Crippen LogP contribution in [0.25, 0.3) is 0 Å². The van der Waals surface area contributed by atoms with Crippen LogP contribution >= 0.6 is 12.6 Å². The van der Waals surface area contributed by atoms with Crippen molar-refractivity contribution in [2.24, 2.45) is 0 Å². The van der Waals surface area contributed by atoms with E-state index in [2.05, 4.69) is 23.3 Å². The lowest BCUT2D eigenvalue weighted by Gasteiger charge is -1.87. The molecule has 1 aliphatic heterocycles. The Bertz CT molecular complexity index is 78.9. The fraction of sp³-hybridized carbons (Fsp3) is 0.333. The molecule has 1 rings (SSSR count). The van der Waals surface area contributed by atoms with Gasteiger partial charge in [-0.15, -0.1) is 12.6 Å². The van der Waals surface area contributed by atoms with Gasteiger partial charge in [-0.05, 0) is 0 Å². The Labute approximate surface area is 42.0 Å². The SMILES string of the molecule is SC1=CNCN1. The van der Waals surface area contributed by atoms with Crippen molar-refractivity contribution in [3.63, 3.8) is 0 Å². The zero-order chi connectivity index (χ0) is 4.41. The van der Waals surface area contributed by atoms with Gasteiger partial charge in [-0.25, -0.2) is 0 Å².